The Bertz CT molecular complexity index is 171. The fourth-order valence-corrected chi connectivity index (χ4v) is 0.254. The molecule has 0 saturated carbocycles. The summed E-state index contributed by atoms with van der Waals surface area (Å²) in [7, 11) is 0. The predicted octanol–water partition coefficient (Wildman–Crippen LogP) is 0.432. The quantitative estimate of drug-likeness (QED) is 0.297. The first-order chi connectivity index (χ1) is 4.22. The molecule has 0 aromatic heterocycles. The van der Waals surface area contributed by atoms with E-state index in [1.165, 1.54) is 6.07 Å². The fourth-order valence-electron chi connectivity index (χ4n) is 0.254. The molecule has 0 amide bonds. The molecule has 3 nitrogen and oxygen atoms in total. The second-order valence-corrected chi connectivity index (χ2v) is 1.25. The van der Waals surface area contributed by atoms with E-state index in [1.807, 2.05) is 0 Å². The molecule has 50 valence electrons. The van der Waals surface area contributed by atoms with Gasteiger partial charge in [-0.05, 0) is 6.92 Å². The van der Waals surface area contributed by atoms with Gasteiger partial charge in [0, 0.05) is 0 Å². The van der Waals surface area contributed by atoms with Crippen LogP contribution in [-0.2, 0) is 9.53 Å². The zero-order valence-corrected chi connectivity index (χ0v) is 12.2. The summed E-state index contributed by atoms with van der Waals surface area (Å²) in [6, 6.07) is 1.47. The third kappa shape index (κ3) is 2.80. The molecule has 0 fully saturated rings. The average Bonchev–Trinajstić information content (AvgIpc) is 1.87. The molecule has 4 heteroatoms. The summed E-state index contributed by atoms with van der Waals surface area (Å²) >= 11 is 0. The maximum absolute atomic E-state index is 10.4. The second-order valence-electron chi connectivity index (χ2n) is 1.25. The third-order valence-electron chi connectivity index (χ3n) is 0.616. The standard InChI is InChI=1S/C6H6NO2.Rf/c1-3-9-6(8)5(2)4-7;/h2H,3H2,1H3;/q-1;. The van der Waals surface area contributed by atoms with Crippen LogP contribution in [0.25, 0.3) is 0 Å². The Morgan fingerprint density at radius 1 is 1.80 bits per heavy atom. The van der Waals surface area contributed by atoms with Gasteiger partial charge in [0.25, 0.3) is 0 Å². The summed E-state index contributed by atoms with van der Waals surface area (Å²) in [6.07, 6.45) is 0. The number of esters is 1. The van der Waals surface area contributed by atoms with E-state index >= 15 is 0 Å². The van der Waals surface area contributed by atoms with E-state index in [9.17, 15) is 4.79 Å². The molecule has 0 aliphatic carbocycles. The van der Waals surface area contributed by atoms with Gasteiger partial charge in [-0.2, -0.15) is 0 Å². The van der Waals surface area contributed by atoms with Crippen molar-refractivity contribution in [3.63, 3.8) is 0 Å². The molecule has 10 heavy (non-hydrogen) atoms. The molecular formula is C6H6NO2Rf-. The number of nitrogens with zero attached hydrogens (tertiary/aromatic N) is 1. The van der Waals surface area contributed by atoms with Gasteiger partial charge in [0.15, 0.2) is 0 Å². The van der Waals surface area contributed by atoms with Crippen molar-refractivity contribution in [1.29, 1.82) is 5.26 Å². The van der Waals surface area contributed by atoms with Crippen molar-refractivity contribution in [2.75, 3.05) is 6.61 Å². The molecule has 0 aromatic rings. The molecule has 0 radical (unpaired) electrons. The zero-order chi connectivity index (χ0) is 7.28. The molecule has 0 saturated heterocycles. The van der Waals surface area contributed by atoms with E-state index < -0.39 is 11.5 Å². The predicted molar refractivity (Wildman–Crippen MR) is 30.1 cm³/mol. The third-order valence-corrected chi connectivity index (χ3v) is 0.616. The van der Waals surface area contributed by atoms with Gasteiger partial charge in [0.2, 0.25) is 5.97 Å². The van der Waals surface area contributed by atoms with Crippen LogP contribution in [0.1, 0.15) is 6.92 Å². The first-order valence-electron chi connectivity index (χ1n) is 2.42. The summed E-state index contributed by atoms with van der Waals surface area (Å²) in [5, 5.41) is 8.02. The molecule has 0 atom stereocenters. The van der Waals surface area contributed by atoms with Crippen molar-refractivity contribution in [1.82, 2.24) is 0 Å². The van der Waals surface area contributed by atoms with Crippen molar-refractivity contribution in [2.24, 2.45) is 0 Å². The van der Waals surface area contributed by atoms with Crippen LogP contribution in [0, 0.1) is 17.9 Å². The summed E-state index contributed by atoms with van der Waals surface area (Å²) in [6.45, 7) is 6.76. The minimum atomic E-state index is -0.750. The smallest absolute Gasteiger partial charge is 0.228 e. The molecule has 0 aromatic carbocycles. The largest absolute Gasteiger partial charge is 0.519 e. The molecule has 0 spiro atoms. The number of carbonyl (C=O) groups is 1. The molecular weight excluding hydrogens is 385 g/mol. The molecule has 0 bridgehead atoms. The van der Waals surface area contributed by atoms with E-state index in [0.717, 1.165) is 0 Å². The van der Waals surface area contributed by atoms with Gasteiger partial charge in [-0.1, -0.05) is 11.6 Å². The van der Waals surface area contributed by atoms with Crippen LogP contribution in [0.15, 0.2) is 5.57 Å². The number of rotatable bonds is 2. The van der Waals surface area contributed by atoms with Crippen molar-refractivity contribution in [3.05, 3.63) is 12.2 Å². The maximum Gasteiger partial charge on any atom is 0.228 e. The minimum absolute atomic E-state index is 0. The minimum Gasteiger partial charge on any atom is -0.519 e. The molecule has 0 unspecified atom stereocenters. The monoisotopic (exact) mass is 391 g/mol. The number of hydrogen-bond acceptors (Lipinski definition) is 3. The summed E-state index contributed by atoms with van der Waals surface area (Å²) < 4.78 is 4.37. The van der Waals surface area contributed by atoms with Crippen LogP contribution in [0.2, 0.25) is 0 Å². The van der Waals surface area contributed by atoms with Gasteiger partial charge < -0.3 is 9.53 Å². The van der Waals surface area contributed by atoms with Crippen LogP contribution in [0.4, 0.5) is 0 Å². The summed E-state index contributed by atoms with van der Waals surface area (Å²) in [5.41, 5.74) is -0.406. The Balaban J connectivity index is 0. The van der Waals surface area contributed by atoms with Gasteiger partial charge in [0.05, 0.1) is 6.61 Å². The maximum atomic E-state index is 10.4. The second kappa shape index (κ2) is 4.85. The molecule has 0 N–H and O–H groups in total. The van der Waals surface area contributed by atoms with E-state index in [-0.39, 0.29) is 6.61 Å². The van der Waals surface area contributed by atoms with E-state index in [4.69, 9.17) is 11.8 Å². The Kier molecular flexibility index (Phi) is 5.16. The van der Waals surface area contributed by atoms with E-state index in [2.05, 4.69) is 4.74 Å². The Morgan fingerprint density at radius 3 is 2.60 bits per heavy atom. The van der Waals surface area contributed by atoms with Gasteiger partial charge in [0.1, 0.15) is 0 Å². The van der Waals surface area contributed by atoms with Crippen LogP contribution in [0.3, 0.4) is 0 Å². The molecule has 0 aliphatic heterocycles. The SMILES string of the molecule is [CH-]=C(C#N)C(=O)OCC.[Rf]. The van der Waals surface area contributed by atoms with Gasteiger partial charge in [-0.25, -0.2) is 6.58 Å². The van der Waals surface area contributed by atoms with Crippen molar-refractivity contribution in [3.8, 4) is 6.07 Å². The summed E-state index contributed by atoms with van der Waals surface area (Å²) in [5.74, 6) is -0.750. The van der Waals surface area contributed by atoms with Crippen LogP contribution < -0.4 is 0 Å². The van der Waals surface area contributed by atoms with Gasteiger partial charge in [-0.3, -0.25) is 5.26 Å². The Morgan fingerprint density at radius 2 is 2.30 bits per heavy atom. The Labute approximate surface area is 53.5 Å². The zero-order valence-electron chi connectivity index (χ0n) is 5.76. The van der Waals surface area contributed by atoms with Crippen LogP contribution >= 0.6 is 0 Å². The number of nitriles is 1. The fraction of sp³-hybridized carbons (Fsp3) is 0.333. The van der Waals surface area contributed by atoms with Crippen molar-refractivity contribution in [2.45, 2.75) is 6.92 Å². The van der Waals surface area contributed by atoms with Gasteiger partial charge in [-0.15, -0.1) is 0 Å². The normalized spacial score (nSPS) is 6.80. The first-order valence-corrected chi connectivity index (χ1v) is 2.42. The van der Waals surface area contributed by atoms with Crippen molar-refractivity contribution >= 4 is 5.97 Å². The molecule has 0 aliphatic rings. The number of hydrogen-bond donors (Lipinski definition) is 0. The van der Waals surface area contributed by atoms with Crippen LogP contribution in [0.5, 0.6) is 0 Å². The molecule has 0 rings (SSSR count). The topological polar surface area (TPSA) is 50.1 Å². The number of ether oxygens (including phenoxy) is 1. The van der Waals surface area contributed by atoms with Crippen molar-refractivity contribution < 1.29 is 9.53 Å². The first kappa shape index (κ1) is 10.6. The van der Waals surface area contributed by atoms with Gasteiger partial charge >= 0.3 is 0 Å². The average molecular weight is 391 g/mol. The number of carbonyl (C=O) groups excluding carboxylic acids is 1. The molecule has 0 heterocycles. The van der Waals surface area contributed by atoms with E-state index in [0.29, 0.717) is 0 Å². The summed E-state index contributed by atoms with van der Waals surface area (Å²) in [4.78, 5) is 10.4. The van der Waals surface area contributed by atoms with E-state index in [1.54, 1.807) is 6.92 Å². The van der Waals surface area contributed by atoms with Crippen LogP contribution in [-0.4, -0.2) is 12.6 Å². The Hall–Kier alpha value is -2.30.